The van der Waals surface area contributed by atoms with Crippen LogP contribution in [0, 0.1) is 10.1 Å². The molecule has 3 aromatic rings. The number of hydrogen-bond acceptors (Lipinski definition) is 14. The lowest BCUT2D eigenvalue weighted by atomic mass is 10.1. The Morgan fingerprint density at radius 2 is 0.841 bits per heavy atom. The summed E-state index contributed by atoms with van der Waals surface area (Å²) in [5, 5.41) is 14.5. The number of carbonyl (C=O) groups excluding carboxylic acids is 2. The number of nitrogens with zero attached hydrogens (tertiary/aromatic N) is 13. The van der Waals surface area contributed by atoms with Crippen molar-refractivity contribution in [2.75, 3.05) is 189 Å². The standard InChI is InChI=1S/C42H59Cl2N13O4S2/c1-62-41-45-37(43)32(30-58)39(47-41)51-10-18-56(19-11-51)26-22-54(23-27-56)14-6-49(7-15-54)34-4-3-5-35(36(34)53(60)61)50-8-16-55(17-9-50)24-28-57(29-25-55)20-12-52(13-21-57)40-33(31-59)38(44)46-42(48-40)63-2/h3-5,30-31H,6-29H2,1-2H3/q+4. The number of carbonyl (C=O) groups is 2. The van der Waals surface area contributed by atoms with Crippen LogP contribution in [0.15, 0.2) is 28.5 Å². The van der Waals surface area contributed by atoms with E-state index >= 15 is 0 Å². The van der Waals surface area contributed by atoms with Gasteiger partial charge in [-0.05, 0) is 24.6 Å². The van der Waals surface area contributed by atoms with E-state index in [1.165, 1.54) is 23.5 Å². The third kappa shape index (κ3) is 8.68. The molecule has 8 heterocycles. The molecule has 2 aromatic heterocycles. The molecular weight excluding hydrogens is 886 g/mol. The number of nitro groups is 1. The first-order valence-corrected chi connectivity index (χ1v) is 25.5. The summed E-state index contributed by atoms with van der Waals surface area (Å²) in [5.41, 5.74) is 2.50. The van der Waals surface area contributed by atoms with Crippen molar-refractivity contribution in [2.24, 2.45) is 0 Å². The van der Waals surface area contributed by atoms with E-state index in [4.69, 9.17) is 23.2 Å². The lowest BCUT2D eigenvalue weighted by Gasteiger charge is -2.54. The fraction of sp³-hybridized carbons (Fsp3) is 0.619. The SMILES string of the molecule is CSc1nc(Cl)c(C=O)c(N2CC[N+]3(CC2)CC[N+]2(CCN(c4cccc(N5CC[N+]6(CC5)CC[N+]5(CCN(c7nc(SC)nc(Cl)c7C=O)CC5)CC6)c4[N+](=O)[O-])CC2)CC3)n1. The molecule has 21 heteroatoms. The minimum absolute atomic E-state index is 0.143. The monoisotopic (exact) mass is 943 g/mol. The third-order valence-corrected chi connectivity index (χ3v) is 17.4. The maximum Gasteiger partial charge on any atom is 0.315 e. The van der Waals surface area contributed by atoms with Crippen molar-refractivity contribution >= 4 is 88.0 Å². The summed E-state index contributed by atoms with van der Waals surface area (Å²) in [7, 11) is 0. The predicted molar refractivity (Wildman–Crippen MR) is 249 cm³/mol. The predicted octanol–water partition coefficient (Wildman–Crippen LogP) is 3.53. The molecule has 0 atom stereocenters. The largest absolute Gasteiger partial charge is 0.355 e. The molecule has 0 unspecified atom stereocenters. The van der Waals surface area contributed by atoms with Crippen molar-refractivity contribution in [3.8, 4) is 0 Å². The molecule has 0 N–H and O–H groups in total. The van der Waals surface area contributed by atoms with Gasteiger partial charge < -0.3 is 37.5 Å². The number of quaternary nitrogens is 4. The minimum atomic E-state index is -0.143. The Morgan fingerprint density at radius 3 is 1.11 bits per heavy atom. The molecule has 4 spiro atoms. The number of thioether (sulfide) groups is 2. The highest BCUT2D eigenvalue weighted by Gasteiger charge is 2.48. The molecule has 17 nitrogen and oxygen atoms in total. The normalized spacial score (nSPS) is 22.8. The van der Waals surface area contributed by atoms with E-state index in [1.54, 1.807) is 0 Å². The molecule has 0 saturated carbocycles. The lowest BCUT2D eigenvalue weighted by Crippen LogP contribution is -2.73. The van der Waals surface area contributed by atoms with Crippen LogP contribution in [0.4, 0.5) is 28.7 Å². The Morgan fingerprint density at radius 1 is 0.540 bits per heavy atom. The molecule has 0 bridgehead atoms. The summed E-state index contributed by atoms with van der Waals surface area (Å²) in [4.78, 5) is 63.4. The molecule has 338 valence electrons. The van der Waals surface area contributed by atoms with E-state index in [0.29, 0.717) is 33.1 Å². The number of aldehydes is 2. The van der Waals surface area contributed by atoms with Gasteiger partial charge in [-0.2, -0.15) is 0 Å². The maximum atomic E-state index is 12.9. The summed E-state index contributed by atoms with van der Waals surface area (Å²) in [6.07, 6.45) is 5.36. The van der Waals surface area contributed by atoms with Crippen molar-refractivity contribution in [3.63, 3.8) is 0 Å². The average Bonchev–Trinajstić information content (AvgIpc) is 3.31. The summed E-state index contributed by atoms with van der Waals surface area (Å²) in [6.45, 7) is 23.3. The van der Waals surface area contributed by atoms with Gasteiger partial charge in [0.2, 0.25) is 0 Å². The van der Waals surface area contributed by atoms with Gasteiger partial charge in [-0.3, -0.25) is 19.7 Å². The zero-order chi connectivity index (χ0) is 44.0. The van der Waals surface area contributed by atoms with Crippen LogP contribution >= 0.6 is 46.7 Å². The second-order valence-corrected chi connectivity index (χ2v) is 20.8. The van der Waals surface area contributed by atoms with Crippen molar-refractivity contribution in [1.29, 1.82) is 0 Å². The smallest absolute Gasteiger partial charge is 0.315 e. The van der Waals surface area contributed by atoms with Gasteiger partial charge in [0, 0.05) is 0 Å². The topological polar surface area (TPSA) is 142 Å². The zero-order valence-corrected chi connectivity index (χ0v) is 39.5. The first kappa shape index (κ1) is 44.6. The first-order valence-electron chi connectivity index (χ1n) is 22.3. The number of hydrogen-bond donors (Lipinski definition) is 0. The number of para-hydroxylation sites is 1. The molecule has 6 aliphatic heterocycles. The van der Waals surface area contributed by atoms with Gasteiger partial charge in [-0.25, -0.2) is 19.9 Å². The van der Waals surface area contributed by atoms with Crippen molar-refractivity contribution in [1.82, 2.24) is 19.9 Å². The van der Waals surface area contributed by atoms with E-state index in [2.05, 4.69) is 39.5 Å². The molecule has 0 amide bonds. The van der Waals surface area contributed by atoms with Crippen LogP contribution in [0.1, 0.15) is 20.7 Å². The van der Waals surface area contributed by atoms with Crippen LogP contribution in [0.25, 0.3) is 0 Å². The van der Waals surface area contributed by atoms with Gasteiger partial charge in [0.05, 0.1) is 121 Å². The molecule has 1 aromatic carbocycles. The second-order valence-electron chi connectivity index (χ2n) is 18.5. The van der Waals surface area contributed by atoms with Crippen LogP contribution in [-0.4, -0.2) is 225 Å². The second kappa shape index (κ2) is 18.0. The van der Waals surface area contributed by atoms with E-state index < -0.39 is 0 Å². The zero-order valence-electron chi connectivity index (χ0n) is 36.4. The van der Waals surface area contributed by atoms with E-state index in [9.17, 15) is 19.7 Å². The van der Waals surface area contributed by atoms with Crippen molar-refractivity contribution < 1.29 is 32.4 Å². The van der Waals surface area contributed by atoms with Gasteiger partial charge in [0.1, 0.15) is 85.7 Å². The first-order chi connectivity index (χ1) is 30.4. The van der Waals surface area contributed by atoms with Crippen LogP contribution < -0.4 is 19.6 Å². The molecule has 0 radical (unpaired) electrons. The maximum absolute atomic E-state index is 12.9. The number of benzene rings is 1. The number of halogens is 2. The van der Waals surface area contributed by atoms with Crippen LogP contribution in [-0.2, 0) is 0 Å². The minimum Gasteiger partial charge on any atom is -0.355 e. The van der Waals surface area contributed by atoms with Crippen LogP contribution in [0.3, 0.4) is 0 Å². The number of aromatic nitrogens is 4. The molecule has 6 saturated heterocycles. The Bertz CT molecular complexity index is 2060. The van der Waals surface area contributed by atoms with Gasteiger partial charge in [0.15, 0.2) is 22.9 Å². The van der Waals surface area contributed by atoms with Gasteiger partial charge in [0.25, 0.3) is 0 Å². The average molecular weight is 945 g/mol. The van der Waals surface area contributed by atoms with Gasteiger partial charge in [-0.15, -0.1) is 0 Å². The van der Waals surface area contributed by atoms with E-state index in [-0.39, 0.29) is 20.9 Å². The molecule has 0 aliphatic carbocycles. The lowest BCUT2D eigenvalue weighted by molar-refractivity contribution is -1.03. The Kier molecular flexibility index (Phi) is 12.8. The van der Waals surface area contributed by atoms with Gasteiger partial charge >= 0.3 is 5.69 Å². The van der Waals surface area contributed by atoms with Crippen molar-refractivity contribution in [2.45, 2.75) is 10.3 Å². The number of rotatable bonds is 9. The molecule has 9 rings (SSSR count). The molecule has 6 aliphatic rings. The fourth-order valence-corrected chi connectivity index (χ4v) is 12.5. The van der Waals surface area contributed by atoms with Crippen molar-refractivity contribution in [3.05, 3.63) is 49.7 Å². The summed E-state index contributed by atoms with van der Waals surface area (Å²) < 4.78 is 4.31. The highest BCUT2D eigenvalue weighted by Crippen LogP contribution is 2.40. The Balaban J connectivity index is 0.778. The Labute approximate surface area is 387 Å². The summed E-state index contributed by atoms with van der Waals surface area (Å²) in [6, 6.07) is 5.94. The third-order valence-electron chi connectivity index (χ3n) is 15.7. The molecular formula is C42H59Cl2N13O4S2+4. The summed E-state index contributed by atoms with van der Waals surface area (Å²) >= 11 is 15.6. The number of anilines is 4. The highest BCUT2D eigenvalue weighted by molar-refractivity contribution is 7.98. The quantitative estimate of drug-likeness (QED) is 0.0588. The Hall–Kier alpha value is -3.56. The molecule has 6 fully saturated rings. The number of nitro benzene ring substituents is 1. The molecule has 63 heavy (non-hydrogen) atoms. The fourth-order valence-electron chi connectivity index (χ4n) is 11.3. The van der Waals surface area contributed by atoms with E-state index in [1.807, 2.05) is 30.7 Å². The van der Waals surface area contributed by atoms with Crippen LogP contribution in [0.2, 0.25) is 10.3 Å². The van der Waals surface area contributed by atoms with E-state index in [0.717, 1.165) is 199 Å². The number of piperazine rings is 6. The summed E-state index contributed by atoms with van der Waals surface area (Å²) in [5.74, 6) is 1.29. The van der Waals surface area contributed by atoms with Gasteiger partial charge in [-0.1, -0.05) is 52.8 Å². The highest BCUT2D eigenvalue weighted by atomic mass is 35.5. The van der Waals surface area contributed by atoms with Crippen LogP contribution in [0.5, 0.6) is 0 Å².